The van der Waals surface area contributed by atoms with E-state index in [0.717, 1.165) is 128 Å². The molecule has 6 heteroatoms. The number of esters is 3. The highest BCUT2D eigenvalue weighted by atomic mass is 16.6. The molecule has 0 aromatic heterocycles. The number of ether oxygens (including phenoxy) is 3. The number of rotatable bonds is 57. The van der Waals surface area contributed by atoms with Gasteiger partial charge in [0.25, 0.3) is 0 Å². The molecule has 6 nitrogen and oxygen atoms in total. The predicted molar refractivity (Wildman–Crippen MR) is 343 cm³/mol. The number of unbranched alkanes of at least 4 members (excludes halogenated alkanes) is 22. The van der Waals surface area contributed by atoms with Crippen molar-refractivity contribution in [1.82, 2.24) is 0 Å². The fourth-order valence-corrected chi connectivity index (χ4v) is 8.54. The fraction of sp³-hybridized carbons (Fsp3) is 0.630. The van der Waals surface area contributed by atoms with E-state index in [2.05, 4.69) is 167 Å². The van der Waals surface area contributed by atoms with Crippen LogP contribution in [-0.4, -0.2) is 37.2 Å². The number of carbonyl (C=O) groups is 3. The molecule has 0 spiro atoms. The van der Waals surface area contributed by atoms with Gasteiger partial charge in [-0.1, -0.05) is 269 Å². The molecule has 0 aliphatic heterocycles. The topological polar surface area (TPSA) is 78.9 Å². The van der Waals surface area contributed by atoms with E-state index >= 15 is 0 Å². The molecule has 0 saturated heterocycles. The molecular formula is C73H118O6. The minimum absolute atomic E-state index is 0.106. The molecule has 0 fully saturated rings. The molecule has 0 aromatic rings. The first-order chi connectivity index (χ1) is 39.0. The monoisotopic (exact) mass is 1090 g/mol. The maximum atomic E-state index is 12.9. The molecule has 0 aliphatic carbocycles. The smallest absolute Gasteiger partial charge is 0.306 e. The molecule has 0 heterocycles. The molecule has 1 unspecified atom stereocenters. The van der Waals surface area contributed by atoms with Crippen LogP contribution in [0, 0.1) is 0 Å². The molecule has 0 N–H and O–H groups in total. The second-order valence-electron chi connectivity index (χ2n) is 20.9. The highest BCUT2D eigenvalue weighted by Crippen LogP contribution is 2.15. The van der Waals surface area contributed by atoms with Crippen molar-refractivity contribution < 1.29 is 28.6 Å². The Balaban J connectivity index is 4.50. The number of hydrogen-bond acceptors (Lipinski definition) is 6. The Morgan fingerprint density at radius 1 is 0.266 bits per heavy atom. The Bertz CT molecular complexity index is 1730. The van der Waals surface area contributed by atoms with Crippen LogP contribution in [-0.2, 0) is 28.6 Å². The van der Waals surface area contributed by atoms with E-state index in [1.165, 1.54) is 103 Å². The van der Waals surface area contributed by atoms with Gasteiger partial charge in [0.2, 0.25) is 0 Å². The van der Waals surface area contributed by atoms with Crippen molar-refractivity contribution in [2.24, 2.45) is 0 Å². The summed E-state index contributed by atoms with van der Waals surface area (Å²) in [7, 11) is 0. The molecule has 0 aliphatic rings. The summed E-state index contributed by atoms with van der Waals surface area (Å²) in [6.07, 6.45) is 94.2. The number of hydrogen-bond donors (Lipinski definition) is 0. The highest BCUT2D eigenvalue weighted by molar-refractivity contribution is 5.71. The van der Waals surface area contributed by atoms with Crippen LogP contribution in [0.2, 0.25) is 0 Å². The van der Waals surface area contributed by atoms with Gasteiger partial charge in [-0.2, -0.15) is 0 Å². The zero-order valence-corrected chi connectivity index (χ0v) is 51.1. The third-order valence-corrected chi connectivity index (χ3v) is 13.3. The van der Waals surface area contributed by atoms with Crippen LogP contribution in [0.3, 0.4) is 0 Å². The molecule has 0 rings (SSSR count). The van der Waals surface area contributed by atoms with Gasteiger partial charge in [0, 0.05) is 19.3 Å². The maximum absolute atomic E-state index is 12.9. The lowest BCUT2D eigenvalue weighted by Crippen LogP contribution is -2.30. The lowest BCUT2D eigenvalue weighted by molar-refractivity contribution is -0.167. The number of carbonyl (C=O) groups excluding carboxylic acids is 3. The minimum Gasteiger partial charge on any atom is -0.462 e. The van der Waals surface area contributed by atoms with Gasteiger partial charge in [0.05, 0.1) is 0 Å². The first-order valence-corrected chi connectivity index (χ1v) is 32.3. The molecule has 0 saturated carbocycles. The van der Waals surface area contributed by atoms with Gasteiger partial charge in [0.15, 0.2) is 6.10 Å². The van der Waals surface area contributed by atoms with Crippen molar-refractivity contribution in [3.05, 3.63) is 146 Å². The lowest BCUT2D eigenvalue weighted by Gasteiger charge is -2.18. The summed E-state index contributed by atoms with van der Waals surface area (Å²) < 4.78 is 16.9. The van der Waals surface area contributed by atoms with Crippen LogP contribution in [0.4, 0.5) is 0 Å². The van der Waals surface area contributed by atoms with E-state index in [9.17, 15) is 14.4 Å². The Morgan fingerprint density at radius 2 is 0.506 bits per heavy atom. The molecule has 1 atom stereocenters. The Morgan fingerprint density at radius 3 is 0.835 bits per heavy atom. The van der Waals surface area contributed by atoms with E-state index in [1.54, 1.807) is 0 Å². The average molecular weight is 1090 g/mol. The molecule has 0 bridgehead atoms. The van der Waals surface area contributed by atoms with Gasteiger partial charge in [-0.15, -0.1) is 0 Å². The second kappa shape index (κ2) is 65.8. The van der Waals surface area contributed by atoms with E-state index < -0.39 is 6.10 Å². The molecule has 446 valence electrons. The SMILES string of the molecule is CC/C=C\C/C=C\C/C=C\C/C=C\C/C=C\C/C=C\C/C=C\CCCC(=O)OCC(COC(=O)CCCCCCC/C=C\CCCCCCCC)OC(=O)CCCCCCCCCCCC/C=C\C/C=C\C/C=C\C/C=C\CC. The van der Waals surface area contributed by atoms with Gasteiger partial charge < -0.3 is 14.2 Å². The van der Waals surface area contributed by atoms with Crippen molar-refractivity contribution in [3.63, 3.8) is 0 Å². The Kier molecular flexibility index (Phi) is 61.9. The van der Waals surface area contributed by atoms with E-state index in [-0.39, 0.29) is 37.5 Å². The summed E-state index contributed by atoms with van der Waals surface area (Å²) >= 11 is 0. The molecule has 79 heavy (non-hydrogen) atoms. The van der Waals surface area contributed by atoms with Crippen molar-refractivity contribution in [3.8, 4) is 0 Å². The summed E-state index contributed by atoms with van der Waals surface area (Å²) in [5.41, 5.74) is 0. The predicted octanol–water partition coefficient (Wildman–Crippen LogP) is 22.3. The summed E-state index contributed by atoms with van der Waals surface area (Å²) in [6, 6.07) is 0. The second-order valence-corrected chi connectivity index (χ2v) is 20.9. The Labute approximate surface area is 487 Å². The van der Waals surface area contributed by atoms with Crippen LogP contribution in [0.5, 0.6) is 0 Å². The van der Waals surface area contributed by atoms with Gasteiger partial charge in [-0.25, -0.2) is 0 Å². The van der Waals surface area contributed by atoms with Gasteiger partial charge in [-0.3, -0.25) is 14.4 Å². The maximum Gasteiger partial charge on any atom is 0.306 e. The quantitative estimate of drug-likeness (QED) is 0.0261. The standard InChI is InChI=1S/C73H118O6/c1-4-7-10-13-16-19-22-25-28-30-32-34-36-38-40-42-45-48-51-54-57-60-63-66-72(75)78-69-70(68-77-71(74)65-62-59-56-53-50-47-44-27-24-21-18-15-12-9-6-3)79-73(76)67-64-61-58-55-52-49-46-43-41-39-37-35-33-31-29-26-23-20-17-14-11-8-5-2/h7-8,10-11,16-17,19-20,25-29,32-35,38,40,44-45,48,54,57,70H,4-6,9,12-15,18,21-24,30-31,36-37,39,41-43,46-47,49-53,55-56,58-69H2,1-3H3/b10-7-,11-8-,19-16-,20-17-,28-25-,29-26-,34-32-,35-33-,40-38-,44-27-,48-45-,57-54-. The highest BCUT2D eigenvalue weighted by Gasteiger charge is 2.19. The largest absolute Gasteiger partial charge is 0.462 e. The van der Waals surface area contributed by atoms with Crippen LogP contribution < -0.4 is 0 Å². The minimum atomic E-state index is -0.815. The average Bonchev–Trinajstić information content (AvgIpc) is 3.45. The summed E-state index contributed by atoms with van der Waals surface area (Å²) in [4.78, 5) is 38.3. The van der Waals surface area contributed by atoms with Crippen LogP contribution in [0.1, 0.15) is 278 Å². The Hall–Kier alpha value is -4.71. The van der Waals surface area contributed by atoms with Crippen LogP contribution in [0.15, 0.2) is 146 Å². The first-order valence-electron chi connectivity index (χ1n) is 32.3. The van der Waals surface area contributed by atoms with E-state index in [4.69, 9.17) is 14.2 Å². The van der Waals surface area contributed by atoms with E-state index in [1.807, 2.05) is 0 Å². The summed E-state index contributed by atoms with van der Waals surface area (Å²) in [6.45, 7) is 6.36. The first kappa shape index (κ1) is 74.3. The summed E-state index contributed by atoms with van der Waals surface area (Å²) in [5.74, 6) is -0.979. The van der Waals surface area contributed by atoms with Crippen molar-refractivity contribution in [2.45, 2.75) is 284 Å². The van der Waals surface area contributed by atoms with Crippen LogP contribution in [0.25, 0.3) is 0 Å². The van der Waals surface area contributed by atoms with Crippen molar-refractivity contribution >= 4 is 17.9 Å². The van der Waals surface area contributed by atoms with Gasteiger partial charge >= 0.3 is 17.9 Å². The fourth-order valence-electron chi connectivity index (χ4n) is 8.54. The normalized spacial score (nSPS) is 13.1. The van der Waals surface area contributed by atoms with Crippen molar-refractivity contribution in [1.29, 1.82) is 0 Å². The number of allylic oxidation sites excluding steroid dienone is 24. The van der Waals surface area contributed by atoms with Crippen LogP contribution >= 0.6 is 0 Å². The lowest BCUT2D eigenvalue weighted by atomic mass is 10.0. The van der Waals surface area contributed by atoms with Crippen molar-refractivity contribution in [2.75, 3.05) is 13.2 Å². The zero-order chi connectivity index (χ0) is 57.1. The molecule has 0 radical (unpaired) electrons. The molecule has 0 aromatic carbocycles. The zero-order valence-electron chi connectivity index (χ0n) is 51.1. The summed E-state index contributed by atoms with van der Waals surface area (Å²) in [5, 5.41) is 0. The third-order valence-electron chi connectivity index (χ3n) is 13.3. The van der Waals surface area contributed by atoms with Gasteiger partial charge in [0.1, 0.15) is 13.2 Å². The van der Waals surface area contributed by atoms with E-state index in [0.29, 0.717) is 19.3 Å². The molecular weight excluding hydrogens is 973 g/mol. The molecule has 0 amide bonds. The van der Waals surface area contributed by atoms with Gasteiger partial charge in [-0.05, 0) is 135 Å². The third kappa shape index (κ3) is 64.0.